The van der Waals surface area contributed by atoms with Crippen molar-refractivity contribution < 1.29 is 23.9 Å². The first-order valence-electron chi connectivity index (χ1n) is 11.6. The minimum atomic E-state index is -1.06. The molecule has 0 aliphatic heterocycles. The Morgan fingerprint density at radius 3 is 2.25 bits per heavy atom. The highest BCUT2D eigenvalue weighted by atomic mass is 19.1. The zero-order chi connectivity index (χ0) is 26.5. The molecule has 0 saturated heterocycles. The summed E-state index contributed by atoms with van der Waals surface area (Å²) in [6.07, 6.45) is 2.16. The van der Waals surface area contributed by atoms with E-state index in [-0.39, 0.29) is 12.2 Å². The molecule has 36 heavy (non-hydrogen) atoms. The highest BCUT2D eigenvalue weighted by Crippen LogP contribution is 2.18. The van der Waals surface area contributed by atoms with Gasteiger partial charge >= 0.3 is 5.97 Å². The van der Waals surface area contributed by atoms with Crippen LogP contribution < -0.4 is 10.6 Å². The maximum absolute atomic E-state index is 13.2. The standard InChI is InChI=1S/C27H31FN4O4/c1-17(26(35)36)15-23(25(34)30-27(2,3)16-18-5-11-21(28)12-6-18)29-24(33)20-9-7-19(8-10-20)22-13-14-32(4)31-22/h5-14,17,23H,15-16H2,1-4H3,(H,29,33)(H,30,34)(H,35,36). The molecule has 2 atom stereocenters. The first-order valence-corrected chi connectivity index (χ1v) is 11.6. The number of amides is 2. The maximum atomic E-state index is 13.2. The van der Waals surface area contributed by atoms with Crippen LogP contribution in [0.15, 0.2) is 60.8 Å². The quantitative estimate of drug-likeness (QED) is 0.399. The van der Waals surface area contributed by atoms with Crippen LogP contribution in [-0.2, 0) is 23.1 Å². The Bertz CT molecular complexity index is 1220. The number of carbonyl (C=O) groups is 3. The first kappa shape index (κ1) is 26.6. The summed E-state index contributed by atoms with van der Waals surface area (Å²) in [7, 11) is 1.82. The zero-order valence-electron chi connectivity index (χ0n) is 20.8. The van der Waals surface area contributed by atoms with Gasteiger partial charge in [0.05, 0.1) is 11.6 Å². The van der Waals surface area contributed by atoms with Crippen molar-refractivity contribution in [2.24, 2.45) is 13.0 Å². The molecule has 2 aromatic carbocycles. The number of halogens is 1. The summed E-state index contributed by atoms with van der Waals surface area (Å²) >= 11 is 0. The van der Waals surface area contributed by atoms with Crippen molar-refractivity contribution in [2.75, 3.05) is 0 Å². The van der Waals surface area contributed by atoms with E-state index in [1.807, 2.05) is 33.2 Å². The summed E-state index contributed by atoms with van der Waals surface area (Å²) in [6.45, 7) is 5.11. The predicted molar refractivity (Wildman–Crippen MR) is 134 cm³/mol. The summed E-state index contributed by atoms with van der Waals surface area (Å²) in [4.78, 5) is 37.6. The van der Waals surface area contributed by atoms with E-state index in [2.05, 4.69) is 15.7 Å². The fraction of sp³-hybridized carbons (Fsp3) is 0.333. The van der Waals surface area contributed by atoms with Crippen molar-refractivity contribution in [3.63, 3.8) is 0 Å². The second-order valence-electron chi connectivity index (χ2n) is 9.63. The van der Waals surface area contributed by atoms with Crippen molar-refractivity contribution in [1.82, 2.24) is 20.4 Å². The van der Waals surface area contributed by atoms with Gasteiger partial charge in [-0.2, -0.15) is 5.10 Å². The van der Waals surface area contributed by atoms with Gasteiger partial charge in [-0.1, -0.05) is 31.2 Å². The number of carboxylic acids is 1. The molecule has 190 valence electrons. The van der Waals surface area contributed by atoms with Crippen LogP contribution in [0.2, 0.25) is 0 Å². The first-order chi connectivity index (χ1) is 16.9. The molecule has 9 heteroatoms. The lowest BCUT2D eigenvalue weighted by atomic mass is 9.93. The molecule has 1 heterocycles. The van der Waals surface area contributed by atoms with Gasteiger partial charge in [0.1, 0.15) is 11.9 Å². The molecule has 0 fully saturated rings. The second-order valence-corrected chi connectivity index (χ2v) is 9.63. The SMILES string of the molecule is CC(CC(NC(=O)c1ccc(-c2ccn(C)n2)cc1)C(=O)NC(C)(C)Cc1ccc(F)cc1)C(=O)O. The molecule has 1 aromatic heterocycles. The van der Waals surface area contributed by atoms with Crippen LogP contribution in [0.4, 0.5) is 4.39 Å². The zero-order valence-corrected chi connectivity index (χ0v) is 20.8. The Kier molecular flexibility index (Phi) is 8.24. The van der Waals surface area contributed by atoms with Gasteiger partial charge in [-0.05, 0) is 62.6 Å². The molecule has 3 aromatic rings. The molecule has 0 spiro atoms. The number of carboxylic acid groups (broad SMARTS) is 1. The highest BCUT2D eigenvalue weighted by molar-refractivity contribution is 5.98. The fourth-order valence-electron chi connectivity index (χ4n) is 3.87. The van der Waals surface area contributed by atoms with Crippen molar-refractivity contribution in [1.29, 1.82) is 0 Å². The van der Waals surface area contributed by atoms with Crippen LogP contribution >= 0.6 is 0 Å². The smallest absolute Gasteiger partial charge is 0.306 e. The number of rotatable bonds is 10. The van der Waals surface area contributed by atoms with Crippen molar-refractivity contribution in [3.8, 4) is 11.3 Å². The third kappa shape index (κ3) is 7.24. The van der Waals surface area contributed by atoms with E-state index in [1.165, 1.54) is 19.1 Å². The Hall–Kier alpha value is -4.01. The van der Waals surface area contributed by atoms with Gasteiger partial charge in [-0.15, -0.1) is 0 Å². The molecule has 2 unspecified atom stereocenters. The third-order valence-corrected chi connectivity index (χ3v) is 5.81. The van der Waals surface area contributed by atoms with E-state index in [9.17, 15) is 23.9 Å². The number of nitrogens with zero attached hydrogens (tertiary/aromatic N) is 2. The summed E-state index contributed by atoms with van der Waals surface area (Å²) in [5.41, 5.74) is 2.04. The van der Waals surface area contributed by atoms with E-state index >= 15 is 0 Å². The molecule has 8 nitrogen and oxygen atoms in total. The fourth-order valence-corrected chi connectivity index (χ4v) is 3.87. The topological polar surface area (TPSA) is 113 Å². The van der Waals surface area contributed by atoms with E-state index in [0.29, 0.717) is 12.0 Å². The van der Waals surface area contributed by atoms with Gasteiger partial charge in [0, 0.05) is 29.9 Å². The third-order valence-electron chi connectivity index (χ3n) is 5.81. The lowest BCUT2D eigenvalue weighted by molar-refractivity contribution is -0.141. The molecule has 0 aliphatic carbocycles. The van der Waals surface area contributed by atoms with Crippen molar-refractivity contribution in [3.05, 3.63) is 77.7 Å². The normalized spacial score (nSPS) is 13.0. The molecule has 0 radical (unpaired) electrons. The largest absolute Gasteiger partial charge is 0.481 e. The Morgan fingerprint density at radius 1 is 1.06 bits per heavy atom. The van der Waals surface area contributed by atoms with Crippen LogP contribution in [0.3, 0.4) is 0 Å². The van der Waals surface area contributed by atoms with E-state index in [4.69, 9.17) is 0 Å². The summed E-state index contributed by atoms with van der Waals surface area (Å²) in [5, 5.41) is 19.3. The summed E-state index contributed by atoms with van der Waals surface area (Å²) < 4.78 is 14.9. The minimum Gasteiger partial charge on any atom is -0.481 e. The number of benzene rings is 2. The molecule has 0 bridgehead atoms. The lowest BCUT2D eigenvalue weighted by Gasteiger charge is -2.30. The number of carbonyl (C=O) groups excluding carboxylic acids is 2. The van der Waals surface area contributed by atoms with E-state index < -0.39 is 35.3 Å². The number of nitrogens with one attached hydrogen (secondary N) is 2. The molecule has 2 amide bonds. The summed E-state index contributed by atoms with van der Waals surface area (Å²) in [6, 6.07) is 13.6. The number of aryl methyl sites for hydroxylation is 1. The van der Waals surface area contributed by atoms with Crippen LogP contribution in [0.1, 0.15) is 43.1 Å². The maximum Gasteiger partial charge on any atom is 0.306 e. The molecular formula is C27H31FN4O4. The van der Waals surface area contributed by atoms with E-state index in [0.717, 1.165) is 16.8 Å². The van der Waals surface area contributed by atoms with Gasteiger partial charge < -0.3 is 15.7 Å². The Balaban J connectivity index is 1.72. The number of aliphatic carboxylic acids is 1. The highest BCUT2D eigenvalue weighted by Gasteiger charge is 2.30. The van der Waals surface area contributed by atoms with Crippen LogP contribution in [0.5, 0.6) is 0 Å². The number of aromatic nitrogens is 2. The van der Waals surface area contributed by atoms with Gasteiger partial charge in [0.2, 0.25) is 5.91 Å². The van der Waals surface area contributed by atoms with E-state index in [1.54, 1.807) is 41.1 Å². The molecule has 3 N–H and O–H groups in total. The predicted octanol–water partition coefficient (Wildman–Crippen LogP) is 3.57. The molecule has 3 rings (SSSR count). The average Bonchev–Trinajstić information content (AvgIpc) is 3.25. The molecule has 0 aliphatic rings. The van der Waals surface area contributed by atoms with Crippen LogP contribution in [0, 0.1) is 11.7 Å². The van der Waals surface area contributed by atoms with Crippen molar-refractivity contribution >= 4 is 17.8 Å². The monoisotopic (exact) mass is 494 g/mol. The van der Waals surface area contributed by atoms with Gasteiger partial charge in [-0.3, -0.25) is 19.1 Å². The molecular weight excluding hydrogens is 463 g/mol. The average molecular weight is 495 g/mol. The van der Waals surface area contributed by atoms with Crippen LogP contribution in [0.25, 0.3) is 11.3 Å². The Labute approximate surface area is 209 Å². The Morgan fingerprint density at radius 2 is 1.69 bits per heavy atom. The number of hydrogen-bond donors (Lipinski definition) is 3. The molecule has 0 saturated carbocycles. The second kappa shape index (κ2) is 11.2. The van der Waals surface area contributed by atoms with Crippen molar-refractivity contribution in [2.45, 2.75) is 45.2 Å². The number of hydrogen-bond acceptors (Lipinski definition) is 4. The minimum absolute atomic E-state index is 0.0778. The lowest BCUT2D eigenvalue weighted by Crippen LogP contribution is -2.54. The summed E-state index contributed by atoms with van der Waals surface area (Å²) in [5.74, 6) is -3.25. The van der Waals surface area contributed by atoms with Crippen LogP contribution in [-0.4, -0.2) is 44.3 Å². The van der Waals surface area contributed by atoms with Gasteiger partial charge in [-0.25, -0.2) is 4.39 Å². The van der Waals surface area contributed by atoms with Gasteiger partial charge in [0.15, 0.2) is 0 Å². The van der Waals surface area contributed by atoms with Gasteiger partial charge in [0.25, 0.3) is 5.91 Å².